The first-order valence-corrected chi connectivity index (χ1v) is 11.7. The zero-order valence-corrected chi connectivity index (χ0v) is 21.0. The number of rotatable bonds is 7. The van der Waals surface area contributed by atoms with E-state index in [2.05, 4.69) is 10.3 Å². The molecule has 36 heavy (non-hydrogen) atoms. The number of carboxylic acids is 1. The van der Waals surface area contributed by atoms with E-state index in [-0.39, 0.29) is 32.8 Å². The van der Waals surface area contributed by atoms with Gasteiger partial charge in [0, 0.05) is 29.6 Å². The third kappa shape index (κ3) is 5.09. The van der Waals surface area contributed by atoms with Crippen LogP contribution >= 0.6 is 34.8 Å². The van der Waals surface area contributed by atoms with Gasteiger partial charge in [0.15, 0.2) is 0 Å². The van der Waals surface area contributed by atoms with E-state index in [9.17, 15) is 19.1 Å². The van der Waals surface area contributed by atoms with Gasteiger partial charge in [-0.25, -0.2) is 9.18 Å². The molecular formula is C26H18Cl3FN2O4. The van der Waals surface area contributed by atoms with E-state index in [0.717, 1.165) is 0 Å². The van der Waals surface area contributed by atoms with Crippen LogP contribution in [0.2, 0.25) is 15.1 Å². The Labute approximate surface area is 220 Å². The first-order valence-electron chi connectivity index (χ1n) is 10.6. The lowest BCUT2D eigenvalue weighted by molar-refractivity contribution is -0.139. The van der Waals surface area contributed by atoms with Crippen molar-refractivity contribution in [3.8, 4) is 16.9 Å². The van der Waals surface area contributed by atoms with Crippen molar-refractivity contribution < 1.29 is 23.8 Å². The average Bonchev–Trinajstić information content (AvgIpc) is 2.83. The molecule has 1 heterocycles. The predicted molar refractivity (Wildman–Crippen MR) is 138 cm³/mol. The molecule has 0 saturated carbocycles. The number of ether oxygens (including phenoxy) is 1. The molecule has 0 aliphatic heterocycles. The SMILES string of the molecule is COc1cc(F)cc(Cl)c1-c1ccc(CC(NC(=O)c2c(Cl)cccc2Cl)C(=O)O)c2ncccc12. The molecule has 6 nitrogen and oxygen atoms in total. The molecule has 0 aliphatic carbocycles. The number of aliphatic carboxylic acids is 1. The lowest BCUT2D eigenvalue weighted by Gasteiger charge is -2.18. The molecule has 1 atom stereocenters. The van der Waals surface area contributed by atoms with Gasteiger partial charge in [-0.1, -0.05) is 59.1 Å². The Morgan fingerprint density at radius 1 is 1.06 bits per heavy atom. The standard InChI is InChI=1S/C26H18Cl3FN2O4/c1-36-21-12-14(30)11-19(29)22(21)15-8-7-13(24-16(15)4-3-9-31-24)10-20(26(34)35)32-25(33)23-17(27)5-2-6-18(23)28/h2-9,11-12,20H,10H2,1H3,(H,32,33)(H,34,35). The molecular weight excluding hydrogens is 530 g/mol. The lowest BCUT2D eigenvalue weighted by Crippen LogP contribution is -2.42. The van der Waals surface area contributed by atoms with Crippen LogP contribution in [0.5, 0.6) is 5.75 Å². The summed E-state index contributed by atoms with van der Waals surface area (Å²) in [6, 6.07) is 12.6. The molecule has 1 unspecified atom stereocenters. The number of pyridine rings is 1. The van der Waals surface area contributed by atoms with Crippen LogP contribution in [-0.2, 0) is 11.2 Å². The molecule has 184 valence electrons. The summed E-state index contributed by atoms with van der Waals surface area (Å²) in [5.41, 5.74) is 2.14. The lowest BCUT2D eigenvalue weighted by atomic mass is 9.94. The minimum absolute atomic E-state index is 0.0107. The van der Waals surface area contributed by atoms with Crippen molar-refractivity contribution in [2.45, 2.75) is 12.5 Å². The molecule has 1 aromatic heterocycles. The van der Waals surface area contributed by atoms with Gasteiger partial charge in [0.1, 0.15) is 17.6 Å². The van der Waals surface area contributed by atoms with Crippen molar-refractivity contribution in [3.63, 3.8) is 0 Å². The van der Waals surface area contributed by atoms with Gasteiger partial charge in [0.25, 0.3) is 5.91 Å². The summed E-state index contributed by atoms with van der Waals surface area (Å²) in [7, 11) is 1.41. The Balaban J connectivity index is 1.74. The second kappa shape index (κ2) is 10.7. The van der Waals surface area contributed by atoms with Gasteiger partial charge in [-0.15, -0.1) is 0 Å². The number of halogens is 4. The molecule has 0 radical (unpaired) electrons. The number of methoxy groups -OCH3 is 1. The number of nitrogens with zero attached hydrogens (tertiary/aromatic N) is 1. The van der Waals surface area contributed by atoms with Crippen molar-refractivity contribution in [3.05, 3.63) is 92.8 Å². The maximum absolute atomic E-state index is 13.9. The maximum atomic E-state index is 13.9. The Bertz CT molecular complexity index is 1480. The number of carbonyl (C=O) groups is 2. The normalized spacial score (nSPS) is 11.8. The minimum atomic E-state index is -1.30. The fourth-order valence-corrected chi connectivity index (χ4v) is 4.82. The molecule has 4 rings (SSSR count). The van der Waals surface area contributed by atoms with Crippen LogP contribution in [0.4, 0.5) is 4.39 Å². The van der Waals surface area contributed by atoms with Gasteiger partial charge in [0.2, 0.25) is 0 Å². The maximum Gasteiger partial charge on any atom is 0.326 e. The fraction of sp³-hybridized carbons (Fsp3) is 0.115. The number of hydrogen-bond donors (Lipinski definition) is 2. The molecule has 0 aliphatic rings. The number of hydrogen-bond acceptors (Lipinski definition) is 4. The topological polar surface area (TPSA) is 88.5 Å². The van der Waals surface area contributed by atoms with Crippen LogP contribution in [0, 0.1) is 5.82 Å². The van der Waals surface area contributed by atoms with E-state index in [1.54, 1.807) is 36.5 Å². The Morgan fingerprint density at radius 2 is 1.78 bits per heavy atom. The van der Waals surface area contributed by atoms with Crippen LogP contribution in [0.25, 0.3) is 22.0 Å². The highest BCUT2D eigenvalue weighted by Gasteiger charge is 2.25. The van der Waals surface area contributed by atoms with E-state index in [4.69, 9.17) is 39.5 Å². The van der Waals surface area contributed by atoms with Gasteiger partial charge >= 0.3 is 5.97 Å². The second-order valence-electron chi connectivity index (χ2n) is 7.80. The number of benzene rings is 3. The second-order valence-corrected chi connectivity index (χ2v) is 9.02. The van der Waals surface area contributed by atoms with Crippen molar-refractivity contribution in [1.82, 2.24) is 10.3 Å². The molecule has 0 spiro atoms. The van der Waals surface area contributed by atoms with E-state index >= 15 is 0 Å². The van der Waals surface area contributed by atoms with Gasteiger partial charge in [-0.2, -0.15) is 0 Å². The highest BCUT2D eigenvalue weighted by molar-refractivity contribution is 6.39. The minimum Gasteiger partial charge on any atom is -0.496 e. The quantitative estimate of drug-likeness (QED) is 0.278. The smallest absolute Gasteiger partial charge is 0.326 e. The summed E-state index contributed by atoms with van der Waals surface area (Å²) in [6.07, 6.45) is 1.49. The van der Waals surface area contributed by atoms with Gasteiger partial charge in [-0.05, 0) is 35.4 Å². The Hall–Kier alpha value is -3.39. The number of nitrogens with one attached hydrogen (secondary N) is 1. The number of aromatic nitrogens is 1. The first kappa shape index (κ1) is 25.7. The zero-order chi connectivity index (χ0) is 26.0. The summed E-state index contributed by atoms with van der Waals surface area (Å²) >= 11 is 18.6. The monoisotopic (exact) mass is 546 g/mol. The average molecular weight is 548 g/mol. The summed E-state index contributed by atoms with van der Waals surface area (Å²) in [4.78, 5) is 29.3. The Morgan fingerprint density at radius 3 is 2.44 bits per heavy atom. The number of fused-ring (bicyclic) bond motifs is 1. The number of carboxylic acid groups (broad SMARTS) is 1. The van der Waals surface area contributed by atoms with Gasteiger partial charge in [-0.3, -0.25) is 9.78 Å². The van der Waals surface area contributed by atoms with Crippen LogP contribution in [0.15, 0.2) is 60.8 Å². The van der Waals surface area contributed by atoms with E-state index in [1.165, 1.54) is 31.4 Å². The van der Waals surface area contributed by atoms with Crippen molar-refractivity contribution >= 4 is 57.6 Å². The van der Waals surface area contributed by atoms with E-state index < -0.39 is 23.7 Å². The van der Waals surface area contributed by atoms with Gasteiger partial charge in [0.05, 0.1) is 33.3 Å². The summed E-state index contributed by atoms with van der Waals surface area (Å²) in [6.45, 7) is 0. The van der Waals surface area contributed by atoms with Crippen LogP contribution in [-0.4, -0.2) is 35.1 Å². The third-order valence-electron chi connectivity index (χ3n) is 5.58. The van der Waals surface area contributed by atoms with Crippen molar-refractivity contribution in [2.75, 3.05) is 7.11 Å². The highest BCUT2D eigenvalue weighted by Crippen LogP contribution is 2.41. The summed E-state index contributed by atoms with van der Waals surface area (Å²) in [5, 5.41) is 13.3. The summed E-state index contributed by atoms with van der Waals surface area (Å²) in [5.74, 6) is -2.26. The summed E-state index contributed by atoms with van der Waals surface area (Å²) < 4.78 is 19.3. The van der Waals surface area contributed by atoms with E-state index in [0.29, 0.717) is 27.6 Å². The zero-order valence-electron chi connectivity index (χ0n) is 18.7. The van der Waals surface area contributed by atoms with Crippen LogP contribution in [0.3, 0.4) is 0 Å². The van der Waals surface area contributed by atoms with Crippen LogP contribution < -0.4 is 10.1 Å². The van der Waals surface area contributed by atoms with E-state index in [1.807, 2.05) is 0 Å². The molecule has 0 fully saturated rings. The molecule has 2 N–H and O–H groups in total. The molecule has 3 aromatic carbocycles. The predicted octanol–water partition coefficient (Wildman–Crippen LogP) is 6.44. The fourth-order valence-electron chi connectivity index (χ4n) is 3.95. The highest BCUT2D eigenvalue weighted by atomic mass is 35.5. The van der Waals surface area contributed by atoms with Crippen LogP contribution in [0.1, 0.15) is 15.9 Å². The van der Waals surface area contributed by atoms with Gasteiger partial charge < -0.3 is 15.2 Å². The third-order valence-corrected chi connectivity index (χ3v) is 6.51. The first-order chi connectivity index (χ1) is 17.2. The molecule has 0 bridgehead atoms. The number of amides is 1. The number of carbonyl (C=O) groups excluding carboxylic acids is 1. The Kier molecular flexibility index (Phi) is 7.64. The molecule has 0 saturated heterocycles. The molecule has 10 heteroatoms. The largest absolute Gasteiger partial charge is 0.496 e. The van der Waals surface area contributed by atoms with Crippen molar-refractivity contribution in [2.24, 2.45) is 0 Å². The molecule has 4 aromatic rings. The van der Waals surface area contributed by atoms with Crippen molar-refractivity contribution in [1.29, 1.82) is 0 Å². The molecule has 1 amide bonds.